The van der Waals surface area contributed by atoms with E-state index in [4.69, 9.17) is 4.74 Å². The minimum absolute atomic E-state index is 0.0326. The van der Waals surface area contributed by atoms with Crippen molar-refractivity contribution in [2.75, 3.05) is 0 Å². The first kappa shape index (κ1) is 14.6. The Labute approximate surface area is 112 Å². The molecule has 1 heterocycles. The van der Waals surface area contributed by atoms with E-state index in [1.54, 1.807) is 0 Å². The van der Waals surface area contributed by atoms with Gasteiger partial charge in [-0.25, -0.2) is 4.98 Å². The number of rotatable bonds is 2. The van der Waals surface area contributed by atoms with Crippen LogP contribution in [-0.4, -0.2) is 4.98 Å². The van der Waals surface area contributed by atoms with Gasteiger partial charge in [0.25, 0.3) is 0 Å². The normalized spacial score (nSPS) is 12.5. The number of aromatic nitrogens is 1. The van der Waals surface area contributed by atoms with Gasteiger partial charge in [0, 0.05) is 0 Å². The summed E-state index contributed by atoms with van der Waals surface area (Å²) < 4.78 is 81.5. The number of hydrogen-bond donors (Lipinski definition) is 0. The number of alkyl halides is 6. The maximum absolute atomic E-state index is 12.9. The van der Waals surface area contributed by atoms with Crippen LogP contribution in [0.3, 0.4) is 0 Å². The van der Waals surface area contributed by atoms with E-state index in [1.807, 2.05) is 0 Å². The van der Waals surface area contributed by atoms with Crippen molar-refractivity contribution < 1.29 is 31.1 Å². The van der Waals surface area contributed by atoms with E-state index in [-0.39, 0.29) is 5.06 Å². The molecule has 2 nitrogen and oxygen atoms in total. The quantitative estimate of drug-likeness (QED) is 0.730. The minimum Gasteiger partial charge on any atom is -0.444 e. The van der Waals surface area contributed by atoms with Gasteiger partial charge in [-0.3, -0.25) is 0 Å². The predicted molar refractivity (Wildman–Crippen MR) is 58.6 cm³/mol. The average molecular weight is 313 g/mol. The Bertz CT molecular complexity index is 590. The number of thiazole rings is 1. The van der Waals surface area contributed by atoms with Crippen molar-refractivity contribution in [1.82, 2.24) is 4.98 Å². The van der Waals surface area contributed by atoms with Crippen molar-refractivity contribution in [3.8, 4) is 10.8 Å². The van der Waals surface area contributed by atoms with Crippen LogP contribution in [0.15, 0.2) is 29.9 Å². The van der Waals surface area contributed by atoms with E-state index in [0.717, 1.165) is 29.7 Å². The zero-order valence-corrected chi connectivity index (χ0v) is 10.2. The van der Waals surface area contributed by atoms with Crippen molar-refractivity contribution in [2.45, 2.75) is 12.4 Å². The average Bonchev–Trinajstić information content (AvgIpc) is 2.79. The second-order valence-corrected chi connectivity index (χ2v) is 4.45. The van der Waals surface area contributed by atoms with E-state index < -0.39 is 29.2 Å². The molecule has 0 aliphatic heterocycles. The highest BCUT2D eigenvalue weighted by Gasteiger charge is 2.45. The van der Waals surface area contributed by atoms with Crippen LogP contribution >= 0.6 is 11.3 Å². The molecule has 1 aromatic heterocycles. The molecule has 0 spiro atoms. The summed E-state index contributed by atoms with van der Waals surface area (Å²) in [6.45, 7) is 0. The summed E-state index contributed by atoms with van der Waals surface area (Å²) >= 11 is 0.869. The van der Waals surface area contributed by atoms with E-state index in [2.05, 4.69) is 4.98 Å². The van der Waals surface area contributed by atoms with Gasteiger partial charge in [-0.15, -0.1) is 0 Å². The highest BCUT2D eigenvalue weighted by Crippen LogP contribution is 2.46. The number of benzene rings is 1. The number of hydrogen-bond acceptors (Lipinski definition) is 3. The zero-order valence-electron chi connectivity index (χ0n) is 9.42. The lowest BCUT2D eigenvalue weighted by Gasteiger charge is -2.18. The molecule has 1 aromatic carbocycles. The third-order valence-corrected chi connectivity index (χ3v) is 2.88. The van der Waals surface area contributed by atoms with E-state index >= 15 is 0 Å². The monoisotopic (exact) mass is 313 g/mol. The largest absolute Gasteiger partial charge is 0.444 e. The summed E-state index contributed by atoms with van der Waals surface area (Å²) in [5, 5.41) is -0.0326. The third kappa shape index (κ3) is 3.03. The first-order chi connectivity index (χ1) is 9.19. The molecule has 108 valence electrons. The van der Waals surface area contributed by atoms with E-state index in [9.17, 15) is 26.3 Å². The van der Waals surface area contributed by atoms with Crippen LogP contribution in [0.25, 0.3) is 0 Å². The molecule has 0 amide bonds. The van der Waals surface area contributed by atoms with Crippen LogP contribution in [0, 0.1) is 0 Å². The van der Waals surface area contributed by atoms with Gasteiger partial charge >= 0.3 is 12.4 Å². The molecule has 0 fully saturated rings. The van der Waals surface area contributed by atoms with Gasteiger partial charge < -0.3 is 4.74 Å². The molecule has 2 aromatic rings. The molecule has 0 radical (unpaired) electrons. The van der Waals surface area contributed by atoms with Crippen molar-refractivity contribution >= 4 is 11.3 Å². The summed E-state index contributed by atoms with van der Waals surface area (Å²) in [5.41, 5.74) is -2.34. The van der Waals surface area contributed by atoms with Crippen molar-refractivity contribution in [1.29, 1.82) is 0 Å². The van der Waals surface area contributed by atoms with Crippen molar-refractivity contribution in [3.63, 3.8) is 0 Å². The van der Waals surface area contributed by atoms with Crippen LogP contribution in [0.5, 0.6) is 10.8 Å². The third-order valence-electron chi connectivity index (χ3n) is 2.24. The van der Waals surface area contributed by atoms with Gasteiger partial charge in [0.05, 0.1) is 17.3 Å². The number of ether oxygens (including phenoxy) is 1. The maximum Gasteiger partial charge on any atom is 0.420 e. The lowest BCUT2D eigenvalue weighted by Crippen LogP contribution is -2.17. The topological polar surface area (TPSA) is 22.1 Å². The van der Waals surface area contributed by atoms with Crippen molar-refractivity contribution in [3.05, 3.63) is 41.0 Å². The van der Waals surface area contributed by atoms with Gasteiger partial charge in [0.2, 0.25) is 5.06 Å². The maximum atomic E-state index is 12.9. The highest BCUT2D eigenvalue weighted by molar-refractivity contribution is 7.11. The van der Waals surface area contributed by atoms with Gasteiger partial charge in [0.1, 0.15) is 11.3 Å². The SMILES string of the molecule is FC(F)(F)c1cccc(Oc2cncs2)c1C(F)(F)F. The molecule has 0 aliphatic carbocycles. The van der Waals surface area contributed by atoms with Crippen LogP contribution in [0.4, 0.5) is 26.3 Å². The van der Waals surface area contributed by atoms with E-state index in [1.165, 1.54) is 5.51 Å². The molecule has 0 saturated heterocycles. The highest BCUT2D eigenvalue weighted by atomic mass is 32.1. The fourth-order valence-electron chi connectivity index (χ4n) is 1.51. The first-order valence-electron chi connectivity index (χ1n) is 5.03. The van der Waals surface area contributed by atoms with E-state index in [0.29, 0.717) is 6.07 Å². The molecule has 9 heteroatoms. The van der Waals surface area contributed by atoms with Crippen LogP contribution in [-0.2, 0) is 12.4 Å². The summed E-state index contributed by atoms with van der Waals surface area (Å²) in [7, 11) is 0. The number of halogens is 6. The van der Waals surface area contributed by atoms with Gasteiger partial charge in [-0.1, -0.05) is 17.4 Å². The smallest absolute Gasteiger partial charge is 0.420 e. The van der Waals surface area contributed by atoms with Gasteiger partial charge in [0.15, 0.2) is 0 Å². The first-order valence-corrected chi connectivity index (χ1v) is 5.91. The zero-order chi connectivity index (χ0) is 15.0. The fourth-order valence-corrected chi connectivity index (χ4v) is 1.99. The summed E-state index contributed by atoms with van der Waals surface area (Å²) in [6.07, 6.45) is -9.20. The van der Waals surface area contributed by atoms with Gasteiger partial charge in [-0.05, 0) is 12.1 Å². The molecule has 0 aliphatic rings. The van der Waals surface area contributed by atoms with Gasteiger partial charge in [-0.2, -0.15) is 26.3 Å². The Morgan fingerprint density at radius 2 is 1.70 bits per heavy atom. The predicted octanol–water partition coefficient (Wildman–Crippen LogP) is 4.97. The lowest BCUT2D eigenvalue weighted by atomic mass is 10.1. The molecule has 0 saturated carbocycles. The van der Waals surface area contributed by atoms with Crippen LogP contribution < -0.4 is 4.74 Å². The molecular formula is C11H5F6NOS. The molecule has 20 heavy (non-hydrogen) atoms. The van der Waals surface area contributed by atoms with Crippen LogP contribution in [0.2, 0.25) is 0 Å². The fraction of sp³-hybridized carbons (Fsp3) is 0.182. The molecule has 2 rings (SSSR count). The molecule has 0 unspecified atom stereocenters. The summed E-state index contributed by atoms with van der Waals surface area (Å²) in [4.78, 5) is 3.57. The lowest BCUT2D eigenvalue weighted by molar-refractivity contribution is -0.162. The summed E-state index contributed by atoms with van der Waals surface area (Å²) in [5.74, 6) is -0.906. The molecule has 0 atom stereocenters. The minimum atomic E-state index is -5.19. The Balaban J connectivity index is 2.57. The second-order valence-electron chi connectivity index (χ2n) is 3.60. The second kappa shape index (κ2) is 4.97. The van der Waals surface area contributed by atoms with Crippen LogP contribution in [0.1, 0.15) is 11.1 Å². The molecular weight excluding hydrogens is 308 g/mol. The molecule has 0 bridgehead atoms. The molecule has 0 N–H and O–H groups in total. The van der Waals surface area contributed by atoms with Crippen molar-refractivity contribution in [2.24, 2.45) is 0 Å². The Kier molecular flexibility index (Phi) is 3.63. The standard InChI is InChI=1S/C11H5F6NOS/c12-10(13,14)6-2-1-3-7(9(6)11(15,16)17)19-8-4-18-5-20-8/h1-5H. The summed E-state index contributed by atoms with van der Waals surface area (Å²) in [6, 6.07) is 2.05. The number of nitrogens with zero attached hydrogens (tertiary/aromatic N) is 1. The Morgan fingerprint density at radius 1 is 1.00 bits per heavy atom. The Hall–Kier alpha value is -1.77. The Morgan fingerprint density at radius 3 is 2.20 bits per heavy atom.